The topological polar surface area (TPSA) is 112 Å². The van der Waals surface area contributed by atoms with Crippen molar-refractivity contribution >= 4 is 28.8 Å². The van der Waals surface area contributed by atoms with Gasteiger partial charge in [-0.15, -0.1) is 5.10 Å². The predicted octanol–water partition coefficient (Wildman–Crippen LogP) is 1.91. The molecule has 0 aliphatic rings. The van der Waals surface area contributed by atoms with E-state index in [0.717, 1.165) is 16.1 Å². The first-order valence-corrected chi connectivity index (χ1v) is 6.95. The molecule has 21 heavy (non-hydrogen) atoms. The molecular weight excluding hydrogens is 292 g/mol. The number of anilines is 1. The quantitative estimate of drug-likeness (QED) is 0.445. The van der Waals surface area contributed by atoms with E-state index in [1.54, 1.807) is 29.0 Å². The Balaban J connectivity index is 1.80. The van der Waals surface area contributed by atoms with Gasteiger partial charge in [0.15, 0.2) is 0 Å². The first kappa shape index (κ1) is 13.3. The molecule has 0 unspecified atom stereocenters. The van der Waals surface area contributed by atoms with Crippen molar-refractivity contribution in [1.29, 1.82) is 0 Å². The lowest BCUT2D eigenvalue weighted by atomic mass is 10.2. The second-order valence-electron chi connectivity index (χ2n) is 4.25. The molecule has 1 aromatic carbocycles. The fourth-order valence-electron chi connectivity index (χ4n) is 1.79. The predicted molar refractivity (Wildman–Crippen MR) is 77.9 cm³/mol. The lowest BCUT2D eigenvalue weighted by Gasteiger charge is -2.04. The number of non-ortho nitro benzene ring substituents is 1. The number of nitrogens with zero attached hydrogens (tertiary/aromatic N) is 5. The van der Waals surface area contributed by atoms with Gasteiger partial charge in [-0.25, -0.2) is 9.50 Å². The maximum Gasteiger partial charge on any atom is 0.269 e. The van der Waals surface area contributed by atoms with E-state index in [4.69, 9.17) is 5.73 Å². The van der Waals surface area contributed by atoms with Gasteiger partial charge in [0, 0.05) is 17.9 Å². The van der Waals surface area contributed by atoms with Gasteiger partial charge in [-0.05, 0) is 5.56 Å². The summed E-state index contributed by atoms with van der Waals surface area (Å²) in [6, 6.07) is 6.42. The number of thioether (sulfide) groups is 1. The smallest absolute Gasteiger partial charge is 0.269 e. The molecule has 9 heteroatoms. The van der Waals surface area contributed by atoms with Crippen LogP contribution in [0.2, 0.25) is 0 Å². The van der Waals surface area contributed by atoms with E-state index in [9.17, 15) is 10.1 Å². The maximum atomic E-state index is 10.6. The van der Waals surface area contributed by atoms with Gasteiger partial charge in [0.2, 0.25) is 0 Å². The second kappa shape index (κ2) is 5.37. The summed E-state index contributed by atoms with van der Waals surface area (Å²) >= 11 is 1.47. The lowest BCUT2D eigenvalue weighted by Crippen LogP contribution is -1.98. The number of benzene rings is 1. The highest BCUT2D eigenvalue weighted by molar-refractivity contribution is 7.98. The molecule has 0 fully saturated rings. The van der Waals surface area contributed by atoms with Crippen LogP contribution in [-0.2, 0) is 5.75 Å². The van der Waals surface area contributed by atoms with Gasteiger partial charge in [-0.2, -0.15) is 0 Å². The van der Waals surface area contributed by atoms with Crippen LogP contribution >= 0.6 is 11.8 Å². The monoisotopic (exact) mass is 302 g/mol. The van der Waals surface area contributed by atoms with Crippen LogP contribution in [0.3, 0.4) is 0 Å². The minimum Gasteiger partial charge on any atom is -0.382 e. The van der Waals surface area contributed by atoms with Crippen LogP contribution in [-0.4, -0.2) is 24.7 Å². The summed E-state index contributed by atoms with van der Waals surface area (Å²) in [5.74, 6) is 0.981. The molecule has 0 aliphatic carbocycles. The van der Waals surface area contributed by atoms with Gasteiger partial charge in [0.25, 0.3) is 5.69 Å². The lowest BCUT2D eigenvalue weighted by molar-refractivity contribution is -0.384. The number of hydrogen-bond donors (Lipinski definition) is 1. The number of nitrogen functional groups attached to an aromatic ring is 1. The number of fused-ring (bicyclic) bond motifs is 1. The summed E-state index contributed by atoms with van der Waals surface area (Å²) in [6.07, 6.45) is 3.21. The van der Waals surface area contributed by atoms with Gasteiger partial charge in [0.1, 0.15) is 16.4 Å². The van der Waals surface area contributed by atoms with E-state index in [1.807, 2.05) is 0 Å². The molecule has 106 valence electrons. The number of nitrogens with two attached hydrogens (primary N) is 1. The third-order valence-electron chi connectivity index (χ3n) is 2.80. The highest BCUT2D eigenvalue weighted by atomic mass is 32.2. The molecule has 0 saturated heterocycles. The molecule has 2 heterocycles. The summed E-state index contributed by atoms with van der Waals surface area (Å²) in [7, 11) is 0. The summed E-state index contributed by atoms with van der Waals surface area (Å²) < 4.78 is 1.57. The minimum absolute atomic E-state index is 0.0770. The molecule has 2 aromatic heterocycles. The van der Waals surface area contributed by atoms with Gasteiger partial charge >= 0.3 is 0 Å². The Hall–Kier alpha value is -2.68. The van der Waals surface area contributed by atoms with Crippen molar-refractivity contribution < 1.29 is 4.92 Å². The van der Waals surface area contributed by atoms with E-state index in [2.05, 4.69) is 15.3 Å². The van der Waals surface area contributed by atoms with Crippen molar-refractivity contribution in [2.45, 2.75) is 10.8 Å². The molecule has 3 aromatic rings. The molecular formula is C12H10N6O2S. The van der Waals surface area contributed by atoms with Gasteiger partial charge in [-0.1, -0.05) is 29.1 Å². The average molecular weight is 302 g/mol. The Labute approximate surface area is 123 Å². The maximum absolute atomic E-state index is 10.6. The van der Waals surface area contributed by atoms with E-state index >= 15 is 0 Å². The van der Waals surface area contributed by atoms with Crippen LogP contribution in [0.5, 0.6) is 0 Å². The second-order valence-corrected chi connectivity index (χ2v) is 5.21. The zero-order chi connectivity index (χ0) is 14.8. The fraction of sp³-hybridized carbons (Fsp3) is 0.0833. The molecule has 0 atom stereocenters. The molecule has 0 amide bonds. The zero-order valence-electron chi connectivity index (χ0n) is 10.7. The molecule has 8 nitrogen and oxygen atoms in total. The molecule has 2 N–H and O–H groups in total. The average Bonchev–Trinajstić information content (AvgIpc) is 2.93. The van der Waals surface area contributed by atoms with Gasteiger partial charge in [-0.3, -0.25) is 10.1 Å². The molecule has 0 spiro atoms. The van der Waals surface area contributed by atoms with E-state index in [0.29, 0.717) is 11.6 Å². The van der Waals surface area contributed by atoms with Crippen molar-refractivity contribution in [3.8, 4) is 0 Å². The van der Waals surface area contributed by atoms with E-state index < -0.39 is 4.92 Å². The molecule has 0 radical (unpaired) electrons. The summed E-state index contributed by atoms with van der Waals surface area (Å²) in [5, 5.41) is 19.0. The Morgan fingerprint density at radius 1 is 1.33 bits per heavy atom. The zero-order valence-corrected chi connectivity index (χ0v) is 11.5. The Kier molecular flexibility index (Phi) is 3.40. The van der Waals surface area contributed by atoms with Crippen LogP contribution in [0.4, 0.5) is 11.5 Å². The Morgan fingerprint density at radius 2 is 2.10 bits per heavy atom. The highest BCUT2D eigenvalue weighted by Crippen LogP contribution is 2.26. The minimum atomic E-state index is -0.419. The summed E-state index contributed by atoms with van der Waals surface area (Å²) in [5.41, 5.74) is 7.53. The van der Waals surface area contributed by atoms with Crippen molar-refractivity contribution in [1.82, 2.24) is 19.8 Å². The number of nitro groups is 1. The highest BCUT2D eigenvalue weighted by Gasteiger charge is 2.09. The van der Waals surface area contributed by atoms with Gasteiger partial charge < -0.3 is 5.73 Å². The first-order valence-electron chi connectivity index (χ1n) is 5.96. The molecule has 0 aliphatic heterocycles. The number of aromatic nitrogens is 4. The van der Waals surface area contributed by atoms with Crippen LogP contribution in [0.1, 0.15) is 5.56 Å². The number of hydrogen-bond acceptors (Lipinski definition) is 7. The van der Waals surface area contributed by atoms with Crippen molar-refractivity contribution in [3.63, 3.8) is 0 Å². The SMILES string of the molecule is Nc1cn2nncc2c(SCc2ccc([N+](=O)[O-])cc2)n1. The van der Waals surface area contributed by atoms with Crippen LogP contribution in [0, 0.1) is 10.1 Å². The molecule has 3 rings (SSSR count). The van der Waals surface area contributed by atoms with Crippen molar-refractivity contribution in [3.05, 3.63) is 52.3 Å². The fourth-order valence-corrected chi connectivity index (χ4v) is 2.75. The summed E-state index contributed by atoms with van der Waals surface area (Å²) in [6.45, 7) is 0. The van der Waals surface area contributed by atoms with E-state index in [1.165, 1.54) is 23.9 Å². The van der Waals surface area contributed by atoms with Crippen molar-refractivity contribution in [2.75, 3.05) is 5.73 Å². The van der Waals surface area contributed by atoms with Crippen molar-refractivity contribution in [2.24, 2.45) is 0 Å². The first-order chi connectivity index (χ1) is 10.1. The molecule has 0 bridgehead atoms. The summed E-state index contributed by atoms with van der Waals surface area (Å²) in [4.78, 5) is 14.5. The van der Waals surface area contributed by atoms with Crippen LogP contribution in [0.15, 0.2) is 41.7 Å². The number of nitro benzene ring substituents is 1. The van der Waals surface area contributed by atoms with E-state index in [-0.39, 0.29) is 5.69 Å². The van der Waals surface area contributed by atoms with Gasteiger partial charge in [0.05, 0.1) is 17.3 Å². The third kappa shape index (κ3) is 2.77. The number of rotatable bonds is 4. The van der Waals surface area contributed by atoms with Crippen LogP contribution in [0.25, 0.3) is 5.52 Å². The Morgan fingerprint density at radius 3 is 2.81 bits per heavy atom. The standard InChI is InChI=1S/C12H10N6O2S/c13-11-6-17-10(5-14-16-17)12(15-11)21-7-8-1-3-9(4-2-8)18(19)20/h1-6H,7,13H2. The third-order valence-corrected chi connectivity index (χ3v) is 3.85. The largest absolute Gasteiger partial charge is 0.382 e. The normalized spacial score (nSPS) is 10.9. The Bertz CT molecular complexity index is 801. The van der Waals surface area contributed by atoms with Crippen LogP contribution < -0.4 is 5.73 Å². The molecule has 0 saturated carbocycles.